The molecule has 0 aromatic rings. The van der Waals surface area contributed by atoms with Crippen molar-refractivity contribution >= 4 is 0 Å². The van der Waals surface area contributed by atoms with Crippen LogP contribution < -0.4 is 5.32 Å². The fourth-order valence-corrected chi connectivity index (χ4v) is 3.43. The quantitative estimate of drug-likeness (QED) is 0.751. The summed E-state index contributed by atoms with van der Waals surface area (Å²) in [5, 5.41) is 13.8. The Morgan fingerprint density at radius 1 is 1.17 bits per heavy atom. The van der Waals surface area contributed by atoms with E-state index in [1.165, 1.54) is 51.7 Å². The highest BCUT2D eigenvalue weighted by Crippen LogP contribution is 2.36. The van der Waals surface area contributed by atoms with E-state index >= 15 is 0 Å². The topological polar surface area (TPSA) is 35.5 Å². The first kappa shape index (κ1) is 12.9. The van der Waals surface area contributed by atoms with E-state index in [1.54, 1.807) is 0 Å². The summed E-state index contributed by atoms with van der Waals surface area (Å²) >= 11 is 0. The van der Waals surface area contributed by atoms with Crippen molar-refractivity contribution in [2.24, 2.45) is 17.8 Å². The van der Waals surface area contributed by atoms with Gasteiger partial charge in [0.25, 0.3) is 0 Å². The molecule has 2 aliphatic carbocycles. The lowest BCUT2D eigenvalue weighted by atomic mass is 9.88. The predicted octanol–water partition coefficient (Wildman–Crippen LogP) is 1.47. The molecule has 2 saturated carbocycles. The minimum atomic E-state index is -0.0226. The fourth-order valence-electron chi connectivity index (χ4n) is 3.43. The maximum absolute atomic E-state index is 10.1. The van der Waals surface area contributed by atoms with Crippen LogP contribution in [0.3, 0.4) is 0 Å². The molecule has 0 aromatic carbocycles. The van der Waals surface area contributed by atoms with Gasteiger partial charge in [-0.25, -0.2) is 0 Å². The number of likely N-dealkylation sites (tertiary alicyclic amines) is 1. The largest absolute Gasteiger partial charge is 0.393 e. The molecule has 0 bridgehead atoms. The second-order valence-electron chi connectivity index (χ2n) is 7.01. The lowest BCUT2D eigenvalue weighted by Crippen LogP contribution is -2.48. The van der Waals surface area contributed by atoms with Gasteiger partial charge in [-0.2, -0.15) is 0 Å². The Kier molecular flexibility index (Phi) is 3.92. The van der Waals surface area contributed by atoms with E-state index in [2.05, 4.69) is 17.3 Å². The van der Waals surface area contributed by atoms with Gasteiger partial charge >= 0.3 is 0 Å². The number of likely N-dealkylation sites (N-methyl/N-ethyl adjacent to an activating group) is 1. The molecular formula is C15H28N2O. The monoisotopic (exact) mass is 252 g/mol. The number of nitrogens with one attached hydrogen (secondary N) is 1. The molecule has 1 heterocycles. The van der Waals surface area contributed by atoms with E-state index < -0.39 is 0 Å². The van der Waals surface area contributed by atoms with Gasteiger partial charge in [0.1, 0.15) is 0 Å². The van der Waals surface area contributed by atoms with Gasteiger partial charge in [0.15, 0.2) is 0 Å². The average molecular weight is 252 g/mol. The Bertz CT molecular complexity index is 276. The van der Waals surface area contributed by atoms with Gasteiger partial charge in [0, 0.05) is 19.1 Å². The summed E-state index contributed by atoms with van der Waals surface area (Å²) in [5.41, 5.74) is 0. The van der Waals surface area contributed by atoms with Crippen molar-refractivity contribution in [3.63, 3.8) is 0 Å². The second kappa shape index (κ2) is 5.48. The lowest BCUT2D eigenvalue weighted by molar-refractivity contribution is 0.0837. The Hall–Kier alpha value is -0.120. The fraction of sp³-hybridized carbons (Fsp3) is 1.00. The molecule has 2 N–H and O–H groups in total. The number of rotatable bonds is 6. The predicted molar refractivity (Wildman–Crippen MR) is 73.5 cm³/mol. The molecule has 0 radical (unpaired) electrons. The zero-order valence-electron chi connectivity index (χ0n) is 11.6. The normalized spacial score (nSPS) is 35.7. The molecule has 0 aromatic heterocycles. The van der Waals surface area contributed by atoms with Crippen molar-refractivity contribution in [2.75, 3.05) is 26.7 Å². The van der Waals surface area contributed by atoms with E-state index in [1.807, 2.05) is 0 Å². The molecular weight excluding hydrogens is 224 g/mol. The number of hydrogen-bond acceptors (Lipinski definition) is 3. The number of aliphatic hydroxyl groups excluding tert-OH is 1. The maximum atomic E-state index is 10.1. The smallest absolute Gasteiger partial charge is 0.0571 e. The minimum absolute atomic E-state index is 0.0226. The van der Waals surface area contributed by atoms with Crippen LogP contribution in [0.5, 0.6) is 0 Å². The van der Waals surface area contributed by atoms with Crippen molar-refractivity contribution in [3.05, 3.63) is 0 Å². The summed E-state index contributed by atoms with van der Waals surface area (Å²) in [4.78, 5) is 2.44. The molecule has 3 unspecified atom stereocenters. The standard InChI is InChI=1S/C15H28N2O/c1-17-9-12(7-15(18)13-4-5-13)6-14(10-17)16-8-11-2-3-11/h11-16,18H,2-10H2,1H3. The van der Waals surface area contributed by atoms with Crippen molar-refractivity contribution < 1.29 is 5.11 Å². The first-order chi connectivity index (χ1) is 8.70. The summed E-state index contributed by atoms with van der Waals surface area (Å²) < 4.78 is 0. The van der Waals surface area contributed by atoms with Gasteiger partial charge in [-0.3, -0.25) is 0 Å². The van der Waals surface area contributed by atoms with E-state index in [-0.39, 0.29) is 6.10 Å². The van der Waals surface area contributed by atoms with E-state index in [0.29, 0.717) is 17.9 Å². The molecule has 3 fully saturated rings. The number of nitrogens with zero attached hydrogens (tertiary/aromatic N) is 1. The third-order valence-corrected chi connectivity index (χ3v) is 4.85. The Morgan fingerprint density at radius 3 is 2.61 bits per heavy atom. The van der Waals surface area contributed by atoms with Gasteiger partial charge in [-0.15, -0.1) is 0 Å². The van der Waals surface area contributed by atoms with E-state index in [4.69, 9.17) is 0 Å². The third kappa shape index (κ3) is 3.69. The van der Waals surface area contributed by atoms with Gasteiger partial charge in [0.05, 0.1) is 6.10 Å². The molecule has 3 nitrogen and oxygen atoms in total. The number of hydrogen-bond donors (Lipinski definition) is 2. The number of piperidine rings is 1. The molecule has 1 aliphatic heterocycles. The Balaban J connectivity index is 1.44. The zero-order valence-corrected chi connectivity index (χ0v) is 11.6. The molecule has 3 aliphatic rings. The van der Waals surface area contributed by atoms with Gasteiger partial charge < -0.3 is 15.3 Å². The van der Waals surface area contributed by atoms with Crippen LogP contribution in [0.2, 0.25) is 0 Å². The van der Waals surface area contributed by atoms with E-state index in [9.17, 15) is 5.11 Å². The number of aliphatic hydroxyl groups is 1. The molecule has 0 amide bonds. The van der Waals surface area contributed by atoms with Crippen LogP contribution in [-0.2, 0) is 0 Å². The van der Waals surface area contributed by atoms with Crippen molar-refractivity contribution in [1.29, 1.82) is 0 Å². The summed E-state index contributed by atoms with van der Waals surface area (Å²) in [5.74, 6) is 2.29. The van der Waals surface area contributed by atoms with Crippen molar-refractivity contribution in [2.45, 2.75) is 50.7 Å². The zero-order chi connectivity index (χ0) is 12.5. The summed E-state index contributed by atoms with van der Waals surface area (Å²) in [7, 11) is 2.22. The minimum Gasteiger partial charge on any atom is -0.393 e. The summed E-state index contributed by atoms with van der Waals surface area (Å²) in [6, 6.07) is 0.653. The molecule has 3 rings (SSSR count). The van der Waals surface area contributed by atoms with Crippen LogP contribution in [0, 0.1) is 17.8 Å². The van der Waals surface area contributed by atoms with Gasteiger partial charge in [-0.05, 0) is 69.9 Å². The molecule has 3 heteroatoms. The Labute approximate surface area is 111 Å². The van der Waals surface area contributed by atoms with Crippen LogP contribution in [0.1, 0.15) is 38.5 Å². The first-order valence-corrected chi connectivity index (χ1v) is 7.80. The molecule has 3 atom stereocenters. The summed E-state index contributed by atoms with van der Waals surface area (Å²) in [6.45, 7) is 3.57. The van der Waals surface area contributed by atoms with Gasteiger partial charge in [0.2, 0.25) is 0 Å². The van der Waals surface area contributed by atoms with E-state index in [0.717, 1.165) is 12.3 Å². The second-order valence-corrected chi connectivity index (χ2v) is 7.01. The van der Waals surface area contributed by atoms with Crippen LogP contribution in [0.25, 0.3) is 0 Å². The van der Waals surface area contributed by atoms with Crippen LogP contribution >= 0.6 is 0 Å². The highest BCUT2D eigenvalue weighted by molar-refractivity contribution is 4.88. The van der Waals surface area contributed by atoms with Crippen LogP contribution in [0.4, 0.5) is 0 Å². The highest BCUT2D eigenvalue weighted by atomic mass is 16.3. The molecule has 0 spiro atoms. The third-order valence-electron chi connectivity index (χ3n) is 4.85. The van der Waals surface area contributed by atoms with Crippen molar-refractivity contribution in [3.8, 4) is 0 Å². The SMILES string of the molecule is CN1CC(CC(O)C2CC2)CC(NCC2CC2)C1. The summed E-state index contributed by atoms with van der Waals surface area (Å²) in [6.07, 6.45) is 7.64. The molecule has 1 saturated heterocycles. The maximum Gasteiger partial charge on any atom is 0.0571 e. The van der Waals surface area contributed by atoms with Crippen LogP contribution in [-0.4, -0.2) is 48.8 Å². The van der Waals surface area contributed by atoms with Crippen molar-refractivity contribution in [1.82, 2.24) is 10.2 Å². The van der Waals surface area contributed by atoms with Gasteiger partial charge in [-0.1, -0.05) is 0 Å². The highest BCUT2D eigenvalue weighted by Gasteiger charge is 2.34. The Morgan fingerprint density at radius 2 is 1.94 bits per heavy atom. The van der Waals surface area contributed by atoms with Crippen LogP contribution in [0.15, 0.2) is 0 Å². The lowest BCUT2D eigenvalue weighted by Gasteiger charge is -2.37. The average Bonchev–Trinajstić information content (AvgIpc) is 3.16. The molecule has 18 heavy (non-hydrogen) atoms. The molecule has 104 valence electrons. The first-order valence-electron chi connectivity index (χ1n) is 7.80.